The molecule has 8 nitrogen and oxygen atoms in total. The second kappa shape index (κ2) is 13.4. The van der Waals surface area contributed by atoms with Gasteiger partial charge in [0.15, 0.2) is 0 Å². The fourth-order valence-corrected chi connectivity index (χ4v) is 5.88. The molecule has 41 heavy (non-hydrogen) atoms. The Kier molecular flexibility index (Phi) is 10.4. The average Bonchev–Trinajstić information content (AvgIpc) is 2.91. The van der Waals surface area contributed by atoms with Crippen molar-refractivity contribution in [2.24, 2.45) is 0 Å². The van der Waals surface area contributed by atoms with Crippen LogP contribution in [0.5, 0.6) is 5.75 Å². The minimum absolute atomic E-state index is 0.00423. The van der Waals surface area contributed by atoms with Crippen molar-refractivity contribution in [1.29, 1.82) is 0 Å². The van der Waals surface area contributed by atoms with Gasteiger partial charge in [-0.3, -0.25) is 13.9 Å². The third-order valence-electron chi connectivity index (χ3n) is 6.37. The number of nitrogens with one attached hydrogen (secondary N) is 1. The van der Waals surface area contributed by atoms with Crippen LogP contribution in [0.15, 0.2) is 77.7 Å². The SMILES string of the molecule is CCC(C(=O)NC(C)(C)C)N(Cc1ccc(OC)cc1)C(=O)CN(c1cccc(C)c1)S(=O)(=O)c1ccc(Cl)cc1. The van der Waals surface area contributed by atoms with E-state index in [0.29, 0.717) is 22.9 Å². The lowest BCUT2D eigenvalue weighted by Gasteiger charge is -2.34. The number of methoxy groups -OCH3 is 1. The van der Waals surface area contributed by atoms with Gasteiger partial charge in [-0.15, -0.1) is 0 Å². The number of nitrogens with zero attached hydrogens (tertiary/aromatic N) is 2. The monoisotopic (exact) mass is 599 g/mol. The molecule has 0 saturated carbocycles. The largest absolute Gasteiger partial charge is 0.497 e. The minimum atomic E-state index is -4.17. The quantitative estimate of drug-likeness (QED) is 0.311. The van der Waals surface area contributed by atoms with E-state index in [1.54, 1.807) is 37.4 Å². The maximum atomic E-state index is 14.1. The number of amides is 2. The summed E-state index contributed by atoms with van der Waals surface area (Å²) in [6.07, 6.45) is 0.332. The Morgan fingerprint density at radius 3 is 2.17 bits per heavy atom. The number of benzene rings is 3. The Hall–Kier alpha value is -3.56. The Balaban J connectivity index is 2.07. The molecule has 0 bridgehead atoms. The van der Waals surface area contributed by atoms with Crippen LogP contribution in [0.25, 0.3) is 0 Å². The maximum absolute atomic E-state index is 14.1. The van der Waals surface area contributed by atoms with Gasteiger partial charge in [0.05, 0.1) is 17.7 Å². The lowest BCUT2D eigenvalue weighted by Crippen LogP contribution is -2.55. The number of anilines is 1. The van der Waals surface area contributed by atoms with Crippen molar-refractivity contribution in [3.8, 4) is 5.75 Å². The number of carbonyl (C=O) groups is 2. The number of hydrogen-bond acceptors (Lipinski definition) is 5. The maximum Gasteiger partial charge on any atom is 0.264 e. The second-order valence-corrected chi connectivity index (χ2v) is 13.1. The first-order chi connectivity index (χ1) is 19.2. The molecule has 2 amide bonds. The van der Waals surface area contributed by atoms with Crippen molar-refractivity contribution in [2.45, 2.75) is 64.1 Å². The van der Waals surface area contributed by atoms with Crippen molar-refractivity contribution < 1.29 is 22.7 Å². The number of aryl methyl sites for hydroxylation is 1. The molecular formula is C31H38ClN3O5S. The van der Waals surface area contributed by atoms with Gasteiger partial charge in [-0.2, -0.15) is 0 Å². The van der Waals surface area contributed by atoms with Gasteiger partial charge in [-0.25, -0.2) is 8.42 Å². The summed E-state index contributed by atoms with van der Waals surface area (Å²) in [5, 5.41) is 3.36. The van der Waals surface area contributed by atoms with Gasteiger partial charge >= 0.3 is 0 Å². The molecule has 0 saturated heterocycles. The zero-order valence-corrected chi connectivity index (χ0v) is 25.9. The van der Waals surface area contributed by atoms with Gasteiger partial charge in [0.1, 0.15) is 18.3 Å². The molecule has 0 aliphatic carbocycles. The van der Waals surface area contributed by atoms with E-state index in [9.17, 15) is 18.0 Å². The summed E-state index contributed by atoms with van der Waals surface area (Å²) in [5.41, 5.74) is 1.41. The second-order valence-electron chi connectivity index (χ2n) is 10.8. The first-order valence-corrected chi connectivity index (χ1v) is 15.2. The van der Waals surface area contributed by atoms with Crippen LogP contribution in [-0.4, -0.2) is 50.4 Å². The van der Waals surface area contributed by atoms with Crippen molar-refractivity contribution in [1.82, 2.24) is 10.2 Å². The fourth-order valence-electron chi connectivity index (χ4n) is 4.35. The van der Waals surface area contributed by atoms with Crippen molar-refractivity contribution in [2.75, 3.05) is 18.0 Å². The number of ether oxygens (including phenoxy) is 1. The highest BCUT2D eigenvalue weighted by Crippen LogP contribution is 2.27. The lowest BCUT2D eigenvalue weighted by atomic mass is 10.1. The fraction of sp³-hybridized carbons (Fsp3) is 0.355. The van der Waals surface area contributed by atoms with Crippen molar-refractivity contribution in [3.63, 3.8) is 0 Å². The lowest BCUT2D eigenvalue weighted by molar-refractivity contribution is -0.141. The number of sulfonamides is 1. The van der Waals surface area contributed by atoms with E-state index in [1.807, 2.05) is 52.8 Å². The van der Waals surface area contributed by atoms with Crippen LogP contribution >= 0.6 is 11.6 Å². The Morgan fingerprint density at radius 2 is 1.63 bits per heavy atom. The number of rotatable bonds is 11. The molecule has 0 aliphatic heterocycles. The van der Waals surface area contributed by atoms with Crippen LogP contribution in [0.3, 0.4) is 0 Å². The van der Waals surface area contributed by atoms with Crippen molar-refractivity contribution >= 4 is 39.1 Å². The van der Waals surface area contributed by atoms with Gasteiger partial charge in [0, 0.05) is 17.1 Å². The standard InChI is InChI=1S/C31H38ClN3O5S/c1-7-28(30(37)33-31(3,4)5)34(20-23-11-15-26(40-6)16-12-23)29(36)21-35(25-10-8-9-22(2)19-25)41(38,39)27-17-13-24(32)14-18-27/h8-19,28H,7,20-21H2,1-6H3,(H,33,37). The minimum Gasteiger partial charge on any atom is -0.497 e. The highest BCUT2D eigenvalue weighted by atomic mass is 35.5. The molecule has 3 rings (SSSR count). The predicted molar refractivity (Wildman–Crippen MR) is 163 cm³/mol. The van der Waals surface area contributed by atoms with E-state index < -0.39 is 34.1 Å². The first kappa shape index (κ1) is 32.0. The molecular weight excluding hydrogens is 562 g/mol. The Labute approximate surface area is 248 Å². The molecule has 1 unspecified atom stereocenters. The van der Waals surface area contributed by atoms with E-state index in [2.05, 4.69) is 5.32 Å². The zero-order valence-electron chi connectivity index (χ0n) is 24.3. The Morgan fingerprint density at radius 1 is 1.00 bits per heavy atom. The van der Waals surface area contributed by atoms with Crippen LogP contribution in [-0.2, 0) is 26.2 Å². The van der Waals surface area contributed by atoms with Crippen LogP contribution in [0.1, 0.15) is 45.2 Å². The molecule has 1 atom stereocenters. The number of hydrogen-bond donors (Lipinski definition) is 1. The molecule has 0 aliphatic rings. The molecule has 0 heterocycles. The normalized spacial score (nSPS) is 12.4. The zero-order chi connectivity index (χ0) is 30.4. The number of halogens is 1. The molecule has 0 fully saturated rings. The summed E-state index contributed by atoms with van der Waals surface area (Å²) in [6.45, 7) is 8.86. The van der Waals surface area contributed by atoms with E-state index in [0.717, 1.165) is 15.4 Å². The predicted octanol–water partition coefficient (Wildman–Crippen LogP) is 5.57. The highest BCUT2D eigenvalue weighted by molar-refractivity contribution is 7.92. The van der Waals surface area contributed by atoms with Crippen molar-refractivity contribution in [3.05, 3.63) is 88.9 Å². The van der Waals surface area contributed by atoms with E-state index in [1.165, 1.54) is 29.2 Å². The van der Waals surface area contributed by atoms with Crippen LogP contribution < -0.4 is 14.4 Å². The van der Waals surface area contributed by atoms with Gasteiger partial charge in [0.25, 0.3) is 10.0 Å². The van der Waals surface area contributed by atoms with Gasteiger partial charge in [-0.05, 0) is 93.8 Å². The van der Waals surface area contributed by atoms with Gasteiger partial charge < -0.3 is 15.0 Å². The molecule has 3 aromatic rings. The van der Waals surface area contributed by atoms with E-state index in [4.69, 9.17) is 16.3 Å². The van der Waals surface area contributed by atoms with E-state index >= 15 is 0 Å². The molecule has 1 N–H and O–H groups in total. The first-order valence-electron chi connectivity index (χ1n) is 13.3. The molecule has 220 valence electrons. The van der Waals surface area contributed by atoms with Gasteiger partial charge in [-0.1, -0.05) is 42.8 Å². The summed E-state index contributed by atoms with van der Waals surface area (Å²) >= 11 is 6.01. The third-order valence-corrected chi connectivity index (χ3v) is 8.41. The van der Waals surface area contributed by atoms with E-state index in [-0.39, 0.29) is 17.3 Å². The molecule has 0 radical (unpaired) electrons. The third kappa shape index (κ3) is 8.47. The molecule has 0 aromatic heterocycles. The van der Waals surface area contributed by atoms with Crippen LogP contribution in [0.4, 0.5) is 5.69 Å². The summed E-state index contributed by atoms with van der Waals surface area (Å²) in [7, 11) is -2.60. The smallest absolute Gasteiger partial charge is 0.264 e. The molecule has 0 spiro atoms. The summed E-state index contributed by atoms with van der Waals surface area (Å²) in [5.74, 6) is -0.177. The highest BCUT2D eigenvalue weighted by Gasteiger charge is 2.34. The summed E-state index contributed by atoms with van der Waals surface area (Å²) in [6, 6.07) is 19.1. The molecule has 3 aromatic carbocycles. The van der Waals surface area contributed by atoms with Gasteiger partial charge in [0.2, 0.25) is 11.8 Å². The van der Waals surface area contributed by atoms with Crippen LogP contribution in [0.2, 0.25) is 5.02 Å². The number of carbonyl (C=O) groups excluding carboxylic acids is 2. The summed E-state index contributed by atoms with van der Waals surface area (Å²) in [4.78, 5) is 29.0. The Bertz CT molecular complexity index is 1450. The summed E-state index contributed by atoms with van der Waals surface area (Å²) < 4.78 is 34.2. The average molecular weight is 600 g/mol. The van der Waals surface area contributed by atoms with Crippen LogP contribution in [0, 0.1) is 6.92 Å². The topological polar surface area (TPSA) is 96.0 Å². The molecule has 10 heteroatoms.